The standard InChI is InChI=1S/C16H18O4S/c1-9-5-7-15(16(18)10(9)2)21(19,20)14-8-6-13(17)11(3)12(14)4/h5-8,17-18H,1-4H3. The number of aromatic hydroxyl groups is 2. The lowest BCUT2D eigenvalue weighted by Crippen LogP contribution is -2.06. The Hall–Kier alpha value is -2.01. The lowest BCUT2D eigenvalue weighted by molar-refractivity contribution is 0.454. The summed E-state index contributed by atoms with van der Waals surface area (Å²) in [5.41, 5.74) is 2.36. The van der Waals surface area contributed by atoms with Gasteiger partial charge in [0, 0.05) is 0 Å². The van der Waals surface area contributed by atoms with E-state index in [1.54, 1.807) is 33.8 Å². The summed E-state index contributed by atoms with van der Waals surface area (Å²) < 4.78 is 25.5. The third kappa shape index (κ3) is 2.38. The molecule has 0 unspecified atom stereocenters. The van der Waals surface area contributed by atoms with Crippen molar-refractivity contribution in [2.45, 2.75) is 37.5 Å². The monoisotopic (exact) mass is 306 g/mol. The van der Waals surface area contributed by atoms with Gasteiger partial charge < -0.3 is 10.2 Å². The first-order valence-electron chi connectivity index (χ1n) is 6.51. The molecule has 21 heavy (non-hydrogen) atoms. The Morgan fingerprint density at radius 1 is 0.762 bits per heavy atom. The van der Waals surface area contributed by atoms with Crippen LogP contribution in [0.3, 0.4) is 0 Å². The first-order chi connectivity index (χ1) is 9.67. The summed E-state index contributed by atoms with van der Waals surface area (Å²) in [5, 5.41) is 19.8. The van der Waals surface area contributed by atoms with Crippen LogP contribution in [0.1, 0.15) is 22.3 Å². The smallest absolute Gasteiger partial charge is 0.210 e. The van der Waals surface area contributed by atoms with Crippen LogP contribution < -0.4 is 0 Å². The molecule has 0 aliphatic heterocycles. The third-order valence-electron chi connectivity index (χ3n) is 3.95. The first kappa shape index (κ1) is 15.4. The Kier molecular flexibility index (Phi) is 3.72. The van der Waals surface area contributed by atoms with Crippen molar-refractivity contribution < 1.29 is 18.6 Å². The van der Waals surface area contributed by atoms with E-state index >= 15 is 0 Å². The van der Waals surface area contributed by atoms with Gasteiger partial charge in [0.05, 0.1) is 4.90 Å². The summed E-state index contributed by atoms with van der Waals surface area (Å²) in [6.07, 6.45) is 0. The van der Waals surface area contributed by atoms with Gasteiger partial charge in [0.15, 0.2) is 0 Å². The molecule has 2 rings (SSSR count). The molecular weight excluding hydrogens is 288 g/mol. The molecule has 0 bridgehead atoms. The Bertz CT molecular complexity index is 757. The third-order valence-corrected chi connectivity index (χ3v) is 5.88. The van der Waals surface area contributed by atoms with E-state index in [1.165, 1.54) is 18.2 Å². The van der Waals surface area contributed by atoms with Crippen LogP contribution in [0.4, 0.5) is 0 Å². The predicted octanol–water partition coefficient (Wildman–Crippen LogP) is 3.16. The number of benzene rings is 2. The summed E-state index contributed by atoms with van der Waals surface area (Å²) in [5.74, 6) is -0.170. The molecule has 0 aromatic heterocycles. The molecule has 2 aromatic rings. The maximum absolute atomic E-state index is 12.8. The van der Waals surface area contributed by atoms with Crippen molar-refractivity contribution in [3.05, 3.63) is 46.5 Å². The van der Waals surface area contributed by atoms with Crippen LogP contribution in [-0.4, -0.2) is 18.6 Å². The van der Waals surface area contributed by atoms with Gasteiger partial charge in [-0.3, -0.25) is 0 Å². The highest BCUT2D eigenvalue weighted by Crippen LogP contribution is 2.35. The second-order valence-corrected chi connectivity index (χ2v) is 7.08. The quantitative estimate of drug-likeness (QED) is 0.893. The highest BCUT2D eigenvalue weighted by molar-refractivity contribution is 7.91. The zero-order valence-corrected chi connectivity index (χ0v) is 13.2. The molecule has 2 N–H and O–H groups in total. The van der Waals surface area contributed by atoms with E-state index in [1.807, 2.05) is 0 Å². The average molecular weight is 306 g/mol. The van der Waals surface area contributed by atoms with Crippen molar-refractivity contribution in [2.24, 2.45) is 0 Å². The number of hydrogen-bond donors (Lipinski definition) is 2. The van der Waals surface area contributed by atoms with Gasteiger partial charge in [-0.1, -0.05) is 6.07 Å². The largest absolute Gasteiger partial charge is 0.508 e. The fraction of sp³-hybridized carbons (Fsp3) is 0.250. The van der Waals surface area contributed by atoms with Crippen LogP contribution in [0.25, 0.3) is 0 Å². The number of sulfone groups is 1. The van der Waals surface area contributed by atoms with Crippen LogP contribution >= 0.6 is 0 Å². The van der Waals surface area contributed by atoms with Crippen molar-refractivity contribution in [2.75, 3.05) is 0 Å². The fourth-order valence-corrected chi connectivity index (χ4v) is 3.88. The highest BCUT2D eigenvalue weighted by Gasteiger charge is 2.25. The average Bonchev–Trinajstić information content (AvgIpc) is 2.41. The summed E-state index contributed by atoms with van der Waals surface area (Å²) in [6, 6.07) is 5.80. The zero-order chi connectivity index (χ0) is 15.9. The van der Waals surface area contributed by atoms with E-state index in [2.05, 4.69) is 0 Å². The Balaban J connectivity index is 2.75. The van der Waals surface area contributed by atoms with Crippen molar-refractivity contribution in [1.82, 2.24) is 0 Å². The maximum Gasteiger partial charge on any atom is 0.210 e. The first-order valence-corrected chi connectivity index (χ1v) is 7.99. The Morgan fingerprint density at radius 3 is 1.95 bits per heavy atom. The Labute approximate surface area is 124 Å². The molecule has 112 valence electrons. The zero-order valence-electron chi connectivity index (χ0n) is 12.4. The highest BCUT2D eigenvalue weighted by atomic mass is 32.2. The molecule has 4 nitrogen and oxygen atoms in total. The van der Waals surface area contributed by atoms with Crippen molar-refractivity contribution in [3.8, 4) is 11.5 Å². The van der Waals surface area contributed by atoms with Gasteiger partial charge in [-0.05, 0) is 68.1 Å². The number of hydrogen-bond acceptors (Lipinski definition) is 4. The van der Waals surface area contributed by atoms with Crippen LogP contribution in [0.2, 0.25) is 0 Å². The molecule has 0 saturated heterocycles. The molecular formula is C16H18O4S. The van der Waals surface area contributed by atoms with Crippen LogP contribution in [-0.2, 0) is 9.84 Å². The molecule has 0 aliphatic carbocycles. The van der Waals surface area contributed by atoms with Gasteiger partial charge >= 0.3 is 0 Å². The SMILES string of the molecule is Cc1ccc(S(=O)(=O)c2ccc(O)c(C)c2C)c(O)c1C. The second kappa shape index (κ2) is 5.07. The summed E-state index contributed by atoms with van der Waals surface area (Å²) in [7, 11) is -3.84. The van der Waals surface area contributed by atoms with E-state index in [0.29, 0.717) is 16.7 Å². The van der Waals surface area contributed by atoms with Gasteiger partial charge in [-0.25, -0.2) is 8.42 Å². The van der Waals surface area contributed by atoms with E-state index < -0.39 is 9.84 Å². The summed E-state index contributed by atoms with van der Waals surface area (Å²) in [6.45, 7) is 6.78. The Morgan fingerprint density at radius 2 is 1.33 bits per heavy atom. The normalized spacial score (nSPS) is 11.6. The maximum atomic E-state index is 12.8. The fourth-order valence-electron chi connectivity index (χ4n) is 2.18. The van der Waals surface area contributed by atoms with Crippen molar-refractivity contribution in [1.29, 1.82) is 0 Å². The topological polar surface area (TPSA) is 74.6 Å². The van der Waals surface area contributed by atoms with Crippen LogP contribution in [0.5, 0.6) is 11.5 Å². The van der Waals surface area contributed by atoms with Crippen molar-refractivity contribution in [3.63, 3.8) is 0 Å². The van der Waals surface area contributed by atoms with Gasteiger partial charge in [0.1, 0.15) is 16.4 Å². The van der Waals surface area contributed by atoms with Crippen molar-refractivity contribution >= 4 is 9.84 Å². The summed E-state index contributed by atoms with van der Waals surface area (Å²) >= 11 is 0. The molecule has 0 aliphatic rings. The lowest BCUT2D eigenvalue weighted by Gasteiger charge is -2.14. The van der Waals surface area contributed by atoms with E-state index in [9.17, 15) is 18.6 Å². The molecule has 0 radical (unpaired) electrons. The number of aryl methyl sites for hydroxylation is 1. The van der Waals surface area contributed by atoms with Gasteiger partial charge in [-0.2, -0.15) is 0 Å². The lowest BCUT2D eigenvalue weighted by atomic mass is 10.1. The molecule has 0 spiro atoms. The molecule has 0 atom stereocenters. The van der Waals surface area contributed by atoms with Gasteiger partial charge in [-0.15, -0.1) is 0 Å². The molecule has 0 fully saturated rings. The molecule has 0 saturated carbocycles. The number of phenolic OH excluding ortho intramolecular Hbond substituents is 2. The van der Waals surface area contributed by atoms with E-state index in [0.717, 1.165) is 5.56 Å². The van der Waals surface area contributed by atoms with E-state index in [4.69, 9.17) is 0 Å². The van der Waals surface area contributed by atoms with Crippen LogP contribution in [0.15, 0.2) is 34.1 Å². The predicted molar refractivity (Wildman–Crippen MR) is 80.6 cm³/mol. The summed E-state index contributed by atoms with van der Waals surface area (Å²) in [4.78, 5) is -0.0184. The number of phenols is 2. The molecule has 0 heterocycles. The molecule has 5 heteroatoms. The van der Waals surface area contributed by atoms with Gasteiger partial charge in [0.2, 0.25) is 9.84 Å². The molecule has 2 aromatic carbocycles. The second-order valence-electron chi connectivity index (χ2n) is 5.19. The van der Waals surface area contributed by atoms with Gasteiger partial charge in [0.25, 0.3) is 0 Å². The van der Waals surface area contributed by atoms with Crippen LogP contribution in [0, 0.1) is 27.7 Å². The van der Waals surface area contributed by atoms with E-state index in [-0.39, 0.29) is 21.3 Å². The molecule has 0 amide bonds. The minimum atomic E-state index is -3.84. The minimum absolute atomic E-state index is 0.0516. The minimum Gasteiger partial charge on any atom is -0.508 e. The number of rotatable bonds is 2.